The minimum absolute atomic E-state index is 0.0204. The zero-order chi connectivity index (χ0) is 21.5. The van der Waals surface area contributed by atoms with Crippen LogP contribution in [0.2, 0.25) is 5.02 Å². The molecule has 7 nitrogen and oxygen atoms in total. The van der Waals surface area contributed by atoms with Crippen molar-refractivity contribution in [1.82, 2.24) is 25.4 Å². The lowest BCUT2D eigenvalue weighted by Crippen LogP contribution is -2.39. The van der Waals surface area contributed by atoms with Crippen molar-refractivity contribution in [2.24, 2.45) is 12.0 Å². The summed E-state index contributed by atoms with van der Waals surface area (Å²) < 4.78 is 7.17. The second-order valence-corrected chi connectivity index (χ2v) is 7.45. The number of nitrogens with zero attached hydrogens (tertiary/aromatic N) is 4. The van der Waals surface area contributed by atoms with Gasteiger partial charge in [0.15, 0.2) is 11.8 Å². The lowest BCUT2D eigenvalue weighted by Gasteiger charge is -2.19. The largest absolute Gasteiger partial charge is 0.497 e. The van der Waals surface area contributed by atoms with Gasteiger partial charge in [0.1, 0.15) is 11.6 Å². The van der Waals surface area contributed by atoms with E-state index in [-0.39, 0.29) is 6.04 Å². The van der Waals surface area contributed by atoms with Gasteiger partial charge in [-0.25, -0.2) is 4.99 Å². The summed E-state index contributed by atoms with van der Waals surface area (Å²) in [5.74, 6) is 3.20. The molecule has 3 rings (SSSR count). The summed E-state index contributed by atoms with van der Waals surface area (Å²) in [5, 5.41) is 15.8. The zero-order valence-corrected chi connectivity index (χ0v) is 18.4. The minimum atomic E-state index is 0.0204. The van der Waals surface area contributed by atoms with E-state index in [1.165, 1.54) is 0 Å². The highest BCUT2D eigenvalue weighted by Gasteiger charge is 2.11. The van der Waals surface area contributed by atoms with Crippen molar-refractivity contribution in [1.29, 1.82) is 0 Å². The van der Waals surface area contributed by atoms with Crippen LogP contribution < -0.4 is 15.4 Å². The van der Waals surface area contributed by atoms with Gasteiger partial charge < -0.3 is 19.9 Å². The Balaban J connectivity index is 1.74. The molecule has 0 saturated heterocycles. The maximum absolute atomic E-state index is 6.15. The molecule has 0 aliphatic carbocycles. The summed E-state index contributed by atoms with van der Waals surface area (Å²) in [6, 6.07) is 15.7. The van der Waals surface area contributed by atoms with Crippen LogP contribution >= 0.6 is 11.6 Å². The smallest absolute Gasteiger partial charge is 0.192 e. The van der Waals surface area contributed by atoms with Crippen molar-refractivity contribution < 1.29 is 4.74 Å². The fraction of sp³-hybridized carbons (Fsp3) is 0.318. The Morgan fingerprint density at radius 3 is 2.60 bits per heavy atom. The second kappa shape index (κ2) is 10.1. The standard InChI is InChI=1S/C22H27ClN6O/c1-15(18-6-5-7-19(23)12-18)26-22(25-14-21-28-27-16(2)29(21)3)24-13-17-8-10-20(30-4)11-9-17/h5-12,15H,13-14H2,1-4H3,(H2,24,25,26). The molecule has 1 unspecified atom stereocenters. The van der Waals surface area contributed by atoms with Gasteiger partial charge in [-0.3, -0.25) is 0 Å². The molecule has 8 heteroatoms. The Hall–Kier alpha value is -3.06. The van der Waals surface area contributed by atoms with Gasteiger partial charge in [-0.15, -0.1) is 10.2 Å². The molecular formula is C22H27ClN6O. The van der Waals surface area contributed by atoms with Gasteiger partial charge in [0, 0.05) is 12.1 Å². The predicted molar refractivity (Wildman–Crippen MR) is 120 cm³/mol. The summed E-state index contributed by atoms with van der Waals surface area (Å²) >= 11 is 6.15. The van der Waals surface area contributed by atoms with Crippen molar-refractivity contribution in [3.8, 4) is 5.75 Å². The van der Waals surface area contributed by atoms with Crippen molar-refractivity contribution in [3.63, 3.8) is 0 Å². The number of nitrogens with one attached hydrogen (secondary N) is 2. The lowest BCUT2D eigenvalue weighted by atomic mass is 10.1. The van der Waals surface area contributed by atoms with Crippen molar-refractivity contribution in [2.75, 3.05) is 7.11 Å². The second-order valence-electron chi connectivity index (χ2n) is 7.01. The van der Waals surface area contributed by atoms with Gasteiger partial charge in [0.25, 0.3) is 0 Å². The number of halogens is 1. The molecule has 0 aliphatic heterocycles. The molecule has 0 amide bonds. The molecular weight excluding hydrogens is 400 g/mol. The number of hydrogen-bond donors (Lipinski definition) is 2. The Morgan fingerprint density at radius 2 is 1.97 bits per heavy atom. The fourth-order valence-corrected chi connectivity index (χ4v) is 3.08. The Bertz CT molecular complexity index is 999. The monoisotopic (exact) mass is 426 g/mol. The molecule has 0 spiro atoms. The molecule has 0 saturated carbocycles. The number of rotatable bonds is 7. The van der Waals surface area contributed by atoms with Gasteiger partial charge >= 0.3 is 0 Å². The molecule has 1 atom stereocenters. The van der Waals surface area contributed by atoms with Crippen LogP contribution in [0, 0.1) is 6.92 Å². The zero-order valence-electron chi connectivity index (χ0n) is 17.7. The van der Waals surface area contributed by atoms with Crippen molar-refractivity contribution in [2.45, 2.75) is 33.0 Å². The number of guanidine groups is 1. The molecule has 0 radical (unpaired) electrons. The molecule has 3 aromatic rings. The third kappa shape index (κ3) is 5.73. The number of aromatic nitrogens is 3. The summed E-state index contributed by atoms with van der Waals surface area (Å²) in [4.78, 5) is 4.75. The van der Waals surface area contributed by atoms with Crippen LogP contribution in [0.1, 0.15) is 35.7 Å². The number of benzene rings is 2. The fourth-order valence-electron chi connectivity index (χ4n) is 2.89. The van der Waals surface area contributed by atoms with Crippen LogP contribution in [0.5, 0.6) is 5.75 Å². The SMILES string of the molecule is COc1ccc(CN=C(NCc2nnc(C)n2C)NC(C)c2cccc(Cl)c2)cc1. The minimum Gasteiger partial charge on any atom is -0.497 e. The average Bonchev–Trinajstić information content (AvgIpc) is 3.08. The molecule has 1 aromatic heterocycles. The first kappa shape index (κ1) is 21.6. The van der Waals surface area contributed by atoms with Gasteiger partial charge in [0.2, 0.25) is 0 Å². The van der Waals surface area contributed by atoms with Crippen LogP contribution in [-0.2, 0) is 20.1 Å². The Kier molecular flexibility index (Phi) is 7.30. The molecule has 2 N–H and O–H groups in total. The normalized spacial score (nSPS) is 12.5. The summed E-state index contributed by atoms with van der Waals surface area (Å²) in [6.07, 6.45) is 0. The first-order valence-corrected chi connectivity index (χ1v) is 10.1. The molecule has 30 heavy (non-hydrogen) atoms. The number of aryl methyl sites for hydroxylation is 1. The highest BCUT2D eigenvalue weighted by Crippen LogP contribution is 2.17. The summed E-state index contributed by atoms with van der Waals surface area (Å²) in [5.41, 5.74) is 2.16. The first-order chi connectivity index (χ1) is 14.5. The van der Waals surface area contributed by atoms with E-state index in [0.717, 1.165) is 28.5 Å². The van der Waals surface area contributed by atoms with Crippen LogP contribution in [0.4, 0.5) is 0 Å². The Labute approximate surface area is 182 Å². The molecule has 0 bridgehead atoms. The van der Waals surface area contributed by atoms with Gasteiger partial charge in [-0.2, -0.15) is 0 Å². The van der Waals surface area contributed by atoms with E-state index in [4.69, 9.17) is 21.3 Å². The molecule has 0 fully saturated rings. The van der Waals surface area contributed by atoms with E-state index in [0.29, 0.717) is 24.1 Å². The third-order valence-corrected chi connectivity index (χ3v) is 5.11. The summed E-state index contributed by atoms with van der Waals surface area (Å²) in [7, 11) is 3.60. The number of methoxy groups -OCH3 is 1. The highest BCUT2D eigenvalue weighted by atomic mass is 35.5. The van der Waals surface area contributed by atoms with E-state index >= 15 is 0 Å². The van der Waals surface area contributed by atoms with E-state index in [1.54, 1.807) is 7.11 Å². The summed E-state index contributed by atoms with van der Waals surface area (Å²) in [6.45, 7) is 5.03. The van der Waals surface area contributed by atoms with E-state index in [9.17, 15) is 0 Å². The van der Waals surface area contributed by atoms with E-state index < -0.39 is 0 Å². The van der Waals surface area contributed by atoms with Gasteiger partial charge in [-0.1, -0.05) is 35.9 Å². The Morgan fingerprint density at radius 1 is 1.20 bits per heavy atom. The van der Waals surface area contributed by atoms with Gasteiger partial charge in [-0.05, 0) is 49.2 Å². The molecule has 158 valence electrons. The molecule has 0 aliphatic rings. The van der Waals surface area contributed by atoms with Crippen LogP contribution in [-0.4, -0.2) is 27.8 Å². The average molecular weight is 427 g/mol. The van der Waals surface area contributed by atoms with Gasteiger partial charge in [0.05, 0.1) is 26.2 Å². The van der Waals surface area contributed by atoms with Crippen LogP contribution in [0.3, 0.4) is 0 Å². The third-order valence-electron chi connectivity index (χ3n) is 4.88. The van der Waals surface area contributed by atoms with Crippen molar-refractivity contribution in [3.05, 3.63) is 76.3 Å². The maximum atomic E-state index is 6.15. The quantitative estimate of drug-likeness (QED) is 0.444. The maximum Gasteiger partial charge on any atom is 0.192 e. The number of ether oxygens (including phenoxy) is 1. The molecule has 1 heterocycles. The van der Waals surface area contributed by atoms with E-state index in [1.807, 2.05) is 67.1 Å². The van der Waals surface area contributed by atoms with Crippen LogP contribution in [0.25, 0.3) is 0 Å². The number of hydrogen-bond acceptors (Lipinski definition) is 4. The van der Waals surface area contributed by atoms with Crippen molar-refractivity contribution >= 4 is 17.6 Å². The highest BCUT2D eigenvalue weighted by molar-refractivity contribution is 6.30. The van der Waals surface area contributed by atoms with Crippen LogP contribution in [0.15, 0.2) is 53.5 Å². The van der Waals surface area contributed by atoms with E-state index in [2.05, 4.69) is 27.8 Å². The lowest BCUT2D eigenvalue weighted by molar-refractivity contribution is 0.414. The first-order valence-electron chi connectivity index (χ1n) is 9.74. The molecule has 2 aromatic carbocycles. The predicted octanol–water partition coefficient (Wildman–Crippen LogP) is 3.78. The topological polar surface area (TPSA) is 76.4 Å². The number of aliphatic imine (C=N–C) groups is 1.